The summed E-state index contributed by atoms with van der Waals surface area (Å²) in [6.45, 7) is 0. The van der Waals surface area contributed by atoms with Gasteiger partial charge in [0.05, 0.1) is 16.2 Å². The number of benzene rings is 1. The molecule has 2 heterocycles. The van der Waals surface area contributed by atoms with Crippen LogP contribution in [-0.2, 0) is 10.0 Å². The van der Waals surface area contributed by atoms with Crippen molar-refractivity contribution in [1.29, 1.82) is 0 Å². The van der Waals surface area contributed by atoms with E-state index in [0.717, 1.165) is 11.3 Å². The molecular formula is C14H9Cl2N3O3S2. The molecule has 0 amide bonds. The smallest absolute Gasteiger partial charge is 0.264 e. The van der Waals surface area contributed by atoms with Crippen molar-refractivity contribution in [2.75, 3.05) is 4.72 Å². The maximum absolute atomic E-state index is 12.4. The van der Waals surface area contributed by atoms with Gasteiger partial charge < -0.3 is 4.74 Å². The predicted octanol–water partition coefficient (Wildman–Crippen LogP) is 4.44. The number of ether oxygens (including phenoxy) is 1. The van der Waals surface area contributed by atoms with E-state index in [1.807, 2.05) is 0 Å². The standard InChI is InChI=1S/C14H9Cl2N3O3S2/c15-12-7-11(14(16)23-12)24(20,21)19-9-2-1-3-10(6-9)22-13-8-17-4-5-18-13/h1-8,19H. The minimum Gasteiger partial charge on any atom is -0.437 e. The third kappa shape index (κ3) is 3.96. The molecular weight excluding hydrogens is 393 g/mol. The van der Waals surface area contributed by atoms with Gasteiger partial charge in [0.25, 0.3) is 10.0 Å². The zero-order valence-corrected chi connectivity index (χ0v) is 15.0. The second-order valence-corrected chi connectivity index (χ2v) is 8.40. The summed E-state index contributed by atoms with van der Waals surface area (Å²) in [6.07, 6.45) is 4.46. The van der Waals surface area contributed by atoms with E-state index >= 15 is 0 Å². The van der Waals surface area contributed by atoms with Gasteiger partial charge in [-0.2, -0.15) is 0 Å². The van der Waals surface area contributed by atoms with E-state index in [0.29, 0.717) is 21.7 Å². The topological polar surface area (TPSA) is 81.2 Å². The molecule has 6 nitrogen and oxygen atoms in total. The first kappa shape index (κ1) is 17.0. The summed E-state index contributed by atoms with van der Waals surface area (Å²) in [4.78, 5) is 7.81. The van der Waals surface area contributed by atoms with Gasteiger partial charge in [-0.15, -0.1) is 11.3 Å². The van der Waals surface area contributed by atoms with Gasteiger partial charge in [-0.1, -0.05) is 29.3 Å². The van der Waals surface area contributed by atoms with E-state index < -0.39 is 10.0 Å². The molecule has 0 radical (unpaired) electrons. The first-order chi connectivity index (χ1) is 11.4. The van der Waals surface area contributed by atoms with Crippen molar-refractivity contribution >= 4 is 50.2 Å². The lowest BCUT2D eigenvalue weighted by Gasteiger charge is -2.09. The second-order valence-electron chi connectivity index (χ2n) is 4.47. The molecule has 0 saturated carbocycles. The molecule has 0 aliphatic carbocycles. The fourth-order valence-corrected chi connectivity index (χ4v) is 5.00. The Kier molecular flexibility index (Phi) is 4.91. The van der Waals surface area contributed by atoms with Crippen molar-refractivity contribution in [3.63, 3.8) is 0 Å². The van der Waals surface area contributed by atoms with Crippen molar-refractivity contribution in [2.45, 2.75) is 4.90 Å². The molecule has 0 bridgehead atoms. The van der Waals surface area contributed by atoms with Crippen LogP contribution in [0.25, 0.3) is 0 Å². The van der Waals surface area contributed by atoms with Crippen LogP contribution in [0.2, 0.25) is 8.67 Å². The number of hydrogen-bond donors (Lipinski definition) is 1. The molecule has 2 aromatic heterocycles. The van der Waals surface area contributed by atoms with Crippen molar-refractivity contribution in [2.24, 2.45) is 0 Å². The molecule has 0 aliphatic heterocycles. The molecule has 124 valence electrons. The molecule has 0 aliphatic rings. The summed E-state index contributed by atoms with van der Waals surface area (Å²) in [6, 6.07) is 7.72. The Morgan fingerprint density at radius 2 is 2.00 bits per heavy atom. The molecule has 0 spiro atoms. The van der Waals surface area contributed by atoms with Crippen LogP contribution in [0.15, 0.2) is 53.8 Å². The summed E-state index contributed by atoms with van der Waals surface area (Å²) >= 11 is 12.7. The number of aromatic nitrogens is 2. The lowest BCUT2D eigenvalue weighted by molar-refractivity contribution is 0.460. The maximum atomic E-state index is 12.4. The van der Waals surface area contributed by atoms with Gasteiger partial charge in [0.1, 0.15) is 15.0 Å². The molecule has 10 heteroatoms. The number of thiophene rings is 1. The highest BCUT2D eigenvalue weighted by molar-refractivity contribution is 7.93. The number of sulfonamides is 1. The number of anilines is 1. The van der Waals surface area contributed by atoms with Gasteiger partial charge >= 0.3 is 0 Å². The largest absolute Gasteiger partial charge is 0.437 e. The van der Waals surface area contributed by atoms with Crippen LogP contribution in [0.1, 0.15) is 0 Å². The SMILES string of the molecule is O=S(=O)(Nc1cccc(Oc2cnccn2)c1)c1cc(Cl)sc1Cl. The summed E-state index contributed by atoms with van der Waals surface area (Å²) in [5, 5.41) is 0. The molecule has 1 aromatic carbocycles. The summed E-state index contributed by atoms with van der Waals surface area (Å²) in [5.41, 5.74) is 0.315. The zero-order valence-electron chi connectivity index (χ0n) is 11.8. The Bertz CT molecular complexity index is 962. The number of halogens is 2. The van der Waals surface area contributed by atoms with E-state index in [1.165, 1.54) is 30.7 Å². The molecule has 3 rings (SSSR count). The predicted molar refractivity (Wildman–Crippen MR) is 93.7 cm³/mol. The quantitative estimate of drug-likeness (QED) is 0.683. The fraction of sp³-hybridized carbons (Fsp3) is 0. The second kappa shape index (κ2) is 6.94. The van der Waals surface area contributed by atoms with Crippen LogP contribution in [-0.4, -0.2) is 18.4 Å². The molecule has 0 saturated heterocycles. The lowest BCUT2D eigenvalue weighted by Crippen LogP contribution is -2.12. The highest BCUT2D eigenvalue weighted by atomic mass is 35.5. The van der Waals surface area contributed by atoms with Crippen LogP contribution in [0, 0.1) is 0 Å². The van der Waals surface area contributed by atoms with Gasteiger partial charge in [0.2, 0.25) is 5.88 Å². The van der Waals surface area contributed by atoms with Gasteiger partial charge in [0, 0.05) is 18.5 Å². The van der Waals surface area contributed by atoms with Crippen LogP contribution in [0.3, 0.4) is 0 Å². The van der Waals surface area contributed by atoms with Crippen LogP contribution in [0.5, 0.6) is 11.6 Å². The first-order valence-corrected chi connectivity index (χ1v) is 9.51. The third-order valence-electron chi connectivity index (χ3n) is 2.76. The van der Waals surface area contributed by atoms with Gasteiger partial charge in [-0.3, -0.25) is 9.71 Å². The molecule has 24 heavy (non-hydrogen) atoms. The Morgan fingerprint density at radius 3 is 2.67 bits per heavy atom. The minimum atomic E-state index is -3.85. The van der Waals surface area contributed by atoms with E-state index in [9.17, 15) is 8.42 Å². The van der Waals surface area contributed by atoms with Gasteiger partial charge in [-0.25, -0.2) is 13.4 Å². The molecule has 0 unspecified atom stereocenters. The average molecular weight is 402 g/mol. The number of nitrogens with zero attached hydrogens (tertiary/aromatic N) is 2. The Labute approximate surface area is 152 Å². The van der Waals surface area contributed by atoms with Crippen molar-refractivity contribution in [1.82, 2.24) is 9.97 Å². The third-order valence-corrected chi connectivity index (χ3v) is 5.90. The van der Waals surface area contributed by atoms with Crippen molar-refractivity contribution in [3.8, 4) is 11.6 Å². The van der Waals surface area contributed by atoms with E-state index in [-0.39, 0.29) is 9.23 Å². The Balaban J connectivity index is 1.83. The highest BCUT2D eigenvalue weighted by Gasteiger charge is 2.21. The normalized spacial score (nSPS) is 11.2. The minimum absolute atomic E-state index is 0.0700. The molecule has 1 N–H and O–H groups in total. The molecule has 0 fully saturated rings. The Morgan fingerprint density at radius 1 is 1.17 bits per heavy atom. The number of hydrogen-bond acceptors (Lipinski definition) is 6. The fourth-order valence-electron chi connectivity index (χ4n) is 1.80. The highest BCUT2D eigenvalue weighted by Crippen LogP contribution is 2.35. The monoisotopic (exact) mass is 401 g/mol. The van der Waals surface area contributed by atoms with Crippen molar-refractivity contribution in [3.05, 3.63) is 57.6 Å². The zero-order chi connectivity index (χ0) is 17.2. The van der Waals surface area contributed by atoms with Crippen LogP contribution < -0.4 is 9.46 Å². The van der Waals surface area contributed by atoms with E-state index in [2.05, 4.69) is 14.7 Å². The van der Waals surface area contributed by atoms with Gasteiger partial charge in [-0.05, 0) is 18.2 Å². The summed E-state index contributed by atoms with van der Waals surface area (Å²) in [7, 11) is -3.85. The Hall–Kier alpha value is -1.87. The first-order valence-electron chi connectivity index (χ1n) is 6.45. The van der Waals surface area contributed by atoms with Crippen LogP contribution >= 0.6 is 34.5 Å². The summed E-state index contributed by atoms with van der Waals surface area (Å²) in [5.74, 6) is 0.704. The van der Waals surface area contributed by atoms with E-state index in [1.54, 1.807) is 18.2 Å². The van der Waals surface area contributed by atoms with Crippen LogP contribution in [0.4, 0.5) is 5.69 Å². The van der Waals surface area contributed by atoms with Gasteiger partial charge in [0.15, 0.2) is 0 Å². The van der Waals surface area contributed by atoms with E-state index in [4.69, 9.17) is 27.9 Å². The average Bonchev–Trinajstić information content (AvgIpc) is 2.88. The molecule has 0 atom stereocenters. The number of rotatable bonds is 5. The summed E-state index contributed by atoms with van der Waals surface area (Å²) < 4.78 is 33.1. The molecule has 3 aromatic rings. The van der Waals surface area contributed by atoms with Crippen molar-refractivity contribution < 1.29 is 13.2 Å². The maximum Gasteiger partial charge on any atom is 0.264 e. The number of nitrogens with one attached hydrogen (secondary N) is 1. The lowest BCUT2D eigenvalue weighted by atomic mass is 10.3.